The van der Waals surface area contributed by atoms with Crippen LogP contribution in [0.15, 0.2) is 24.3 Å². The molecule has 0 saturated carbocycles. The molecule has 138 valence electrons. The number of carbonyl (C=O) groups excluding carboxylic acids is 2. The number of ether oxygens (including phenoxy) is 2. The third-order valence-corrected chi connectivity index (χ3v) is 5.64. The topological polar surface area (TPSA) is 76.7 Å². The second-order valence-electron chi connectivity index (χ2n) is 7.29. The standard InChI is InChI=1S/C21H20N2O4/c1-26-18-6-12-4-2-3-11(12)5-15(18)13-8-20(24)22-16-9-19-17(7-14(13)16)23-21(25)10-27-19/h5-7,9,13H,2-4,8,10H2,1H3,(H,22,24)(H,23,25)/t13-/m1/s1. The Hall–Kier alpha value is -3.02. The summed E-state index contributed by atoms with van der Waals surface area (Å²) in [5.74, 6) is 1.07. The van der Waals surface area contributed by atoms with E-state index in [-0.39, 0.29) is 24.3 Å². The van der Waals surface area contributed by atoms with Crippen LogP contribution < -0.4 is 20.1 Å². The minimum atomic E-state index is -0.172. The molecule has 0 aromatic heterocycles. The van der Waals surface area contributed by atoms with Crippen molar-refractivity contribution < 1.29 is 19.1 Å². The van der Waals surface area contributed by atoms with E-state index in [1.165, 1.54) is 11.1 Å². The van der Waals surface area contributed by atoms with Crippen LogP contribution in [0.5, 0.6) is 11.5 Å². The maximum Gasteiger partial charge on any atom is 0.262 e. The van der Waals surface area contributed by atoms with Crippen LogP contribution in [-0.4, -0.2) is 25.5 Å². The molecule has 2 aromatic rings. The molecular formula is C21H20N2O4. The summed E-state index contributed by atoms with van der Waals surface area (Å²) in [5, 5.41) is 5.79. The first-order chi connectivity index (χ1) is 13.1. The van der Waals surface area contributed by atoms with Crippen LogP contribution >= 0.6 is 0 Å². The highest BCUT2D eigenvalue weighted by Gasteiger charge is 2.32. The van der Waals surface area contributed by atoms with Crippen molar-refractivity contribution in [3.05, 3.63) is 46.5 Å². The quantitative estimate of drug-likeness (QED) is 0.859. The van der Waals surface area contributed by atoms with Crippen molar-refractivity contribution >= 4 is 23.2 Å². The lowest BCUT2D eigenvalue weighted by molar-refractivity contribution is -0.119. The minimum Gasteiger partial charge on any atom is -0.496 e. The fourth-order valence-electron chi connectivity index (χ4n) is 4.38. The van der Waals surface area contributed by atoms with Crippen LogP contribution in [0.3, 0.4) is 0 Å². The van der Waals surface area contributed by atoms with Crippen LogP contribution in [0.2, 0.25) is 0 Å². The Bertz CT molecular complexity index is 983. The highest BCUT2D eigenvalue weighted by Crippen LogP contribution is 2.46. The van der Waals surface area contributed by atoms with E-state index in [0.717, 1.165) is 41.8 Å². The zero-order valence-electron chi connectivity index (χ0n) is 15.1. The van der Waals surface area contributed by atoms with Crippen molar-refractivity contribution in [2.75, 3.05) is 24.4 Å². The van der Waals surface area contributed by atoms with Crippen LogP contribution in [-0.2, 0) is 22.4 Å². The van der Waals surface area contributed by atoms with E-state index in [9.17, 15) is 9.59 Å². The van der Waals surface area contributed by atoms with E-state index in [1.807, 2.05) is 6.07 Å². The number of amides is 2. The number of methoxy groups -OCH3 is 1. The summed E-state index contributed by atoms with van der Waals surface area (Å²) in [4.78, 5) is 24.1. The number of benzene rings is 2. The Morgan fingerprint density at radius 2 is 1.74 bits per heavy atom. The molecule has 0 bridgehead atoms. The molecule has 0 saturated heterocycles. The average molecular weight is 364 g/mol. The van der Waals surface area contributed by atoms with Gasteiger partial charge in [0.05, 0.1) is 12.8 Å². The number of nitrogens with one attached hydrogen (secondary N) is 2. The second kappa shape index (κ2) is 6.01. The lowest BCUT2D eigenvalue weighted by Gasteiger charge is -2.30. The molecule has 2 heterocycles. The van der Waals surface area contributed by atoms with Gasteiger partial charge in [0.15, 0.2) is 6.61 Å². The molecule has 6 heteroatoms. The molecule has 2 N–H and O–H groups in total. The monoisotopic (exact) mass is 364 g/mol. The Morgan fingerprint density at radius 1 is 0.963 bits per heavy atom. The molecule has 0 fully saturated rings. The van der Waals surface area contributed by atoms with Crippen molar-refractivity contribution in [3.63, 3.8) is 0 Å². The average Bonchev–Trinajstić information content (AvgIpc) is 3.12. The molecule has 3 aliphatic rings. The summed E-state index contributed by atoms with van der Waals surface area (Å²) in [7, 11) is 1.67. The maximum atomic E-state index is 12.4. The van der Waals surface area contributed by atoms with Crippen LogP contribution in [0.25, 0.3) is 0 Å². The van der Waals surface area contributed by atoms with E-state index in [1.54, 1.807) is 13.2 Å². The molecule has 2 amide bonds. The Balaban J connectivity index is 1.66. The molecule has 2 aliphatic heterocycles. The van der Waals surface area contributed by atoms with E-state index in [0.29, 0.717) is 17.9 Å². The lowest BCUT2D eigenvalue weighted by atomic mass is 9.82. The number of hydrogen-bond donors (Lipinski definition) is 2. The summed E-state index contributed by atoms with van der Waals surface area (Å²) < 4.78 is 11.2. The van der Waals surface area contributed by atoms with Crippen molar-refractivity contribution in [2.24, 2.45) is 0 Å². The van der Waals surface area contributed by atoms with Crippen molar-refractivity contribution in [3.8, 4) is 11.5 Å². The van der Waals surface area contributed by atoms with Crippen molar-refractivity contribution in [2.45, 2.75) is 31.6 Å². The normalized spacial score (nSPS) is 20.0. The highest BCUT2D eigenvalue weighted by molar-refractivity contribution is 5.99. The van der Waals surface area contributed by atoms with Gasteiger partial charge in [0.2, 0.25) is 5.91 Å². The first-order valence-electron chi connectivity index (χ1n) is 9.22. The fraction of sp³-hybridized carbons (Fsp3) is 0.333. The third-order valence-electron chi connectivity index (χ3n) is 5.64. The predicted molar refractivity (Wildman–Crippen MR) is 101 cm³/mol. The van der Waals surface area contributed by atoms with Gasteiger partial charge in [-0.1, -0.05) is 6.07 Å². The Labute approximate surface area is 156 Å². The van der Waals surface area contributed by atoms with Gasteiger partial charge in [-0.2, -0.15) is 0 Å². The molecule has 27 heavy (non-hydrogen) atoms. The SMILES string of the molecule is COc1cc2c(cc1[C@@H]1CC(=O)Nc3cc4c(cc31)NC(=O)CO4)CCC2. The molecule has 0 radical (unpaired) electrons. The van der Waals surface area contributed by atoms with E-state index < -0.39 is 0 Å². The zero-order chi connectivity index (χ0) is 18.5. The first-order valence-corrected chi connectivity index (χ1v) is 9.22. The molecule has 6 nitrogen and oxygen atoms in total. The number of anilines is 2. The van der Waals surface area contributed by atoms with Crippen LogP contribution in [0.4, 0.5) is 11.4 Å². The summed E-state index contributed by atoms with van der Waals surface area (Å²) in [6.07, 6.45) is 3.63. The molecular weight excluding hydrogens is 344 g/mol. The van der Waals surface area contributed by atoms with Gasteiger partial charge in [0.1, 0.15) is 11.5 Å². The van der Waals surface area contributed by atoms with Crippen molar-refractivity contribution in [1.82, 2.24) is 0 Å². The van der Waals surface area contributed by atoms with Gasteiger partial charge in [-0.3, -0.25) is 9.59 Å². The summed E-state index contributed by atoms with van der Waals surface area (Å²) in [6.45, 7) is -0.0121. The molecule has 0 spiro atoms. The smallest absolute Gasteiger partial charge is 0.262 e. The molecule has 0 unspecified atom stereocenters. The summed E-state index contributed by atoms with van der Waals surface area (Å²) in [5.41, 5.74) is 6.04. The minimum absolute atomic E-state index is 0.0121. The molecule has 5 rings (SSSR count). The summed E-state index contributed by atoms with van der Waals surface area (Å²) >= 11 is 0. The largest absolute Gasteiger partial charge is 0.496 e. The Kier molecular flexibility index (Phi) is 3.60. The number of rotatable bonds is 2. The lowest BCUT2D eigenvalue weighted by Crippen LogP contribution is -2.28. The predicted octanol–water partition coefficient (Wildman–Crippen LogP) is 2.99. The summed E-state index contributed by atoms with van der Waals surface area (Å²) in [6, 6.07) is 8.03. The van der Waals surface area contributed by atoms with Gasteiger partial charge in [0.25, 0.3) is 5.91 Å². The first kappa shape index (κ1) is 16.2. The Morgan fingerprint density at radius 3 is 2.56 bits per heavy atom. The van der Waals surface area contributed by atoms with Gasteiger partial charge in [-0.25, -0.2) is 0 Å². The third kappa shape index (κ3) is 2.63. The number of fused-ring (bicyclic) bond motifs is 3. The zero-order valence-corrected chi connectivity index (χ0v) is 15.1. The van der Waals surface area contributed by atoms with Crippen LogP contribution in [0.1, 0.15) is 41.0 Å². The van der Waals surface area contributed by atoms with Gasteiger partial charge in [0, 0.05) is 29.7 Å². The van der Waals surface area contributed by atoms with Crippen LogP contribution in [0, 0.1) is 0 Å². The fourth-order valence-corrected chi connectivity index (χ4v) is 4.38. The number of hydrogen-bond acceptors (Lipinski definition) is 4. The van der Waals surface area contributed by atoms with Gasteiger partial charge < -0.3 is 20.1 Å². The highest BCUT2D eigenvalue weighted by atomic mass is 16.5. The second-order valence-corrected chi connectivity index (χ2v) is 7.29. The van der Waals surface area contributed by atoms with E-state index >= 15 is 0 Å². The molecule has 1 aliphatic carbocycles. The number of carbonyl (C=O) groups is 2. The molecule has 2 aromatic carbocycles. The van der Waals surface area contributed by atoms with Crippen molar-refractivity contribution in [1.29, 1.82) is 0 Å². The molecule has 1 atom stereocenters. The van der Waals surface area contributed by atoms with Gasteiger partial charge in [-0.05, 0) is 48.1 Å². The maximum absolute atomic E-state index is 12.4. The van der Waals surface area contributed by atoms with Gasteiger partial charge in [-0.15, -0.1) is 0 Å². The number of aryl methyl sites for hydroxylation is 2. The van der Waals surface area contributed by atoms with E-state index in [4.69, 9.17) is 9.47 Å². The van der Waals surface area contributed by atoms with Gasteiger partial charge >= 0.3 is 0 Å². The van der Waals surface area contributed by atoms with E-state index in [2.05, 4.69) is 22.8 Å².